The van der Waals surface area contributed by atoms with Crippen LogP contribution in [0, 0.1) is 5.92 Å². The minimum absolute atomic E-state index is 0.112. The van der Waals surface area contributed by atoms with Crippen molar-refractivity contribution in [3.05, 3.63) is 35.9 Å². The van der Waals surface area contributed by atoms with Gasteiger partial charge in [-0.15, -0.1) is 0 Å². The highest BCUT2D eigenvalue weighted by Crippen LogP contribution is 2.11. The molecule has 98 valence electrons. The SMILES string of the molecule is CC(C)(C)NC(=O)C(Cc1ccccc1)C(N)=S. The van der Waals surface area contributed by atoms with E-state index >= 15 is 0 Å². The molecule has 0 aliphatic rings. The van der Waals surface area contributed by atoms with Gasteiger partial charge in [0.2, 0.25) is 5.91 Å². The average Bonchev–Trinajstić information content (AvgIpc) is 2.24. The Morgan fingerprint density at radius 1 is 1.33 bits per heavy atom. The highest BCUT2D eigenvalue weighted by atomic mass is 32.1. The Morgan fingerprint density at radius 3 is 2.33 bits per heavy atom. The van der Waals surface area contributed by atoms with Gasteiger partial charge in [-0.2, -0.15) is 0 Å². The third-order valence-electron chi connectivity index (χ3n) is 2.44. The average molecular weight is 264 g/mol. The molecule has 3 nitrogen and oxygen atoms in total. The van der Waals surface area contributed by atoms with Gasteiger partial charge in [0.05, 0.1) is 10.9 Å². The van der Waals surface area contributed by atoms with E-state index in [9.17, 15) is 4.79 Å². The maximum absolute atomic E-state index is 12.1. The predicted molar refractivity (Wildman–Crippen MR) is 78.3 cm³/mol. The molecule has 0 aliphatic carbocycles. The molecule has 1 aromatic carbocycles. The lowest BCUT2D eigenvalue weighted by Crippen LogP contribution is -2.47. The molecule has 1 aromatic rings. The van der Waals surface area contributed by atoms with Crippen molar-refractivity contribution in [2.24, 2.45) is 11.7 Å². The first kappa shape index (κ1) is 14.6. The predicted octanol–water partition coefficient (Wildman–Crippen LogP) is 2.05. The van der Waals surface area contributed by atoms with E-state index < -0.39 is 5.92 Å². The molecular weight excluding hydrogens is 244 g/mol. The van der Waals surface area contributed by atoms with Crippen molar-refractivity contribution in [2.45, 2.75) is 32.7 Å². The van der Waals surface area contributed by atoms with Crippen LogP contribution in [0.15, 0.2) is 30.3 Å². The number of thiocarbonyl (C=S) groups is 1. The fourth-order valence-electron chi connectivity index (χ4n) is 1.63. The molecule has 0 saturated heterocycles. The molecule has 0 aromatic heterocycles. The lowest BCUT2D eigenvalue weighted by molar-refractivity contribution is -0.124. The molecule has 0 radical (unpaired) electrons. The van der Waals surface area contributed by atoms with Crippen LogP contribution in [0.5, 0.6) is 0 Å². The fourth-order valence-corrected chi connectivity index (χ4v) is 1.82. The van der Waals surface area contributed by atoms with E-state index in [-0.39, 0.29) is 16.4 Å². The highest BCUT2D eigenvalue weighted by molar-refractivity contribution is 7.80. The van der Waals surface area contributed by atoms with Gasteiger partial charge in [-0.05, 0) is 32.8 Å². The van der Waals surface area contributed by atoms with Crippen LogP contribution in [0.3, 0.4) is 0 Å². The van der Waals surface area contributed by atoms with Gasteiger partial charge in [-0.25, -0.2) is 0 Å². The van der Waals surface area contributed by atoms with Crippen LogP contribution in [0.1, 0.15) is 26.3 Å². The minimum Gasteiger partial charge on any atom is -0.393 e. The van der Waals surface area contributed by atoms with Gasteiger partial charge in [0, 0.05) is 5.54 Å². The van der Waals surface area contributed by atoms with E-state index in [1.807, 2.05) is 51.1 Å². The molecule has 0 bridgehead atoms. The van der Waals surface area contributed by atoms with E-state index in [1.54, 1.807) is 0 Å². The van der Waals surface area contributed by atoms with Crippen LogP contribution >= 0.6 is 12.2 Å². The second-order valence-electron chi connectivity index (χ2n) is 5.38. The summed E-state index contributed by atoms with van der Waals surface area (Å²) in [6.45, 7) is 5.80. The van der Waals surface area contributed by atoms with Crippen molar-refractivity contribution in [3.8, 4) is 0 Å². The quantitative estimate of drug-likeness (QED) is 0.818. The molecule has 1 amide bonds. The summed E-state index contributed by atoms with van der Waals surface area (Å²) < 4.78 is 0. The summed E-state index contributed by atoms with van der Waals surface area (Å²) in [5, 5.41) is 2.91. The lowest BCUT2D eigenvalue weighted by atomic mass is 9.97. The maximum Gasteiger partial charge on any atom is 0.230 e. The van der Waals surface area contributed by atoms with Gasteiger partial charge in [-0.3, -0.25) is 4.79 Å². The second-order valence-corrected chi connectivity index (χ2v) is 5.86. The first-order valence-electron chi connectivity index (χ1n) is 5.95. The summed E-state index contributed by atoms with van der Waals surface area (Å²) in [7, 11) is 0. The number of nitrogens with two attached hydrogens (primary N) is 1. The van der Waals surface area contributed by atoms with E-state index in [0.29, 0.717) is 6.42 Å². The summed E-state index contributed by atoms with van der Waals surface area (Å²) in [4.78, 5) is 12.4. The lowest BCUT2D eigenvalue weighted by Gasteiger charge is -2.24. The normalized spacial score (nSPS) is 12.8. The van der Waals surface area contributed by atoms with E-state index in [1.165, 1.54) is 0 Å². The molecular formula is C14H20N2OS. The highest BCUT2D eigenvalue weighted by Gasteiger charge is 2.25. The molecule has 1 atom stereocenters. The summed E-state index contributed by atoms with van der Waals surface area (Å²) >= 11 is 5.00. The van der Waals surface area contributed by atoms with Crippen molar-refractivity contribution in [3.63, 3.8) is 0 Å². The van der Waals surface area contributed by atoms with Crippen LogP contribution in [-0.4, -0.2) is 16.4 Å². The number of amides is 1. The van der Waals surface area contributed by atoms with Gasteiger partial charge in [0.25, 0.3) is 0 Å². The molecule has 0 fully saturated rings. The van der Waals surface area contributed by atoms with Crippen molar-refractivity contribution >= 4 is 23.1 Å². The molecule has 0 spiro atoms. The number of carbonyl (C=O) groups is 1. The Labute approximate surface area is 114 Å². The van der Waals surface area contributed by atoms with E-state index in [0.717, 1.165) is 5.56 Å². The molecule has 0 saturated carbocycles. The van der Waals surface area contributed by atoms with Crippen LogP contribution in [-0.2, 0) is 11.2 Å². The molecule has 0 aliphatic heterocycles. The fraction of sp³-hybridized carbons (Fsp3) is 0.429. The van der Waals surface area contributed by atoms with Gasteiger partial charge < -0.3 is 11.1 Å². The smallest absolute Gasteiger partial charge is 0.230 e. The first-order valence-corrected chi connectivity index (χ1v) is 6.36. The molecule has 1 rings (SSSR count). The van der Waals surface area contributed by atoms with Crippen molar-refractivity contribution in [1.82, 2.24) is 5.32 Å². The third kappa shape index (κ3) is 4.84. The van der Waals surface area contributed by atoms with Gasteiger partial charge in [-0.1, -0.05) is 42.5 Å². The molecule has 1 unspecified atom stereocenters. The first-order chi connectivity index (χ1) is 8.29. The maximum atomic E-state index is 12.1. The largest absolute Gasteiger partial charge is 0.393 e. The van der Waals surface area contributed by atoms with Crippen molar-refractivity contribution < 1.29 is 4.79 Å². The van der Waals surface area contributed by atoms with Crippen LogP contribution in [0.4, 0.5) is 0 Å². The van der Waals surface area contributed by atoms with E-state index in [2.05, 4.69) is 5.32 Å². The van der Waals surface area contributed by atoms with Gasteiger partial charge in [0.15, 0.2) is 0 Å². The van der Waals surface area contributed by atoms with Crippen LogP contribution < -0.4 is 11.1 Å². The van der Waals surface area contributed by atoms with Gasteiger partial charge in [0.1, 0.15) is 0 Å². The van der Waals surface area contributed by atoms with Crippen LogP contribution in [0.25, 0.3) is 0 Å². The topological polar surface area (TPSA) is 55.1 Å². The Balaban J connectivity index is 2.78. The number of rotatable bonds is 4. The van der Waals surface area contributed by atoms with E-state index in [4.69, 9.17) is 18.0 Å². The number of nitrogens with one attached hydrogen (secondary N) is 1. The Hall–Kier alpha value is -1.42. The summed E-state index contributed by atoms with van der Waals surface area (Å²) in [6, 6.07) is 9.75. The Morgan fingerprint density at radius 2 is 1.89 bits per heavy atom. The minimum atomic E-state index is -0.457. The number of carbonyl (C=O) groups excluding carboxylic acids is 1. The molecule has 18 heavy (non-hydrogen) atoms. The zero-order valence-electron chi connectivity index (χ0n) is 11.1. The number of hydrogen-bond acceptors (Lipinski definition) is 2. The summed E-state index contributed by atoms with van der Waals surface area (Å²) in [6.07, 6.45) is 0.540. The second kappa shape index (κ2) is 5.96. The summed E-state index contributed by atoms with van der Waals surface area (Å²) in [5.74, 6) is -0.569. The zero-order chi connectivity index (χ0) is 13.8. The molecule has 0 heterocycles. The Bertz CT molecular complexity index is 423. The molecule has 3 N–H and O–H groups in total. The standard InChI is InChI=1S/C14H20N2OS/c1-14(2,3)16-13(17)11(12(15)18)9-10-7-5-4-6-8-10/h4-8,11H,9H2,1-3H3,(H2,15,18)(H,16,17). The van der Waals surface area contributed by atoms with Crippen molar-refractivity contribution in [2.75, 3.05) is 0 Å². The monoisotopic (exact) mass is 264 g/mol. The third-order valence-corrected chi connectivity index (χ3v) is 2.73. The Kier molecular flexibility index (Phi) is 4.84. The number of benzene rings is 1. The van der Waals surface area contributed by atoms with Crippen molar-refractivity contribution in [1.29, 1.82) is 0 Å². The van der Waals surface area contributed by atoms with Gasteiger partial charge >= 0.3 is 0 Å². The summed E-state index contributed by atoms with van der Waals surface area (Å²) in [5.41, 5.74) is 6.45. The zero-order valence-corrected chi connectivity index (χ0v) is 11.9. The number of hydrogen-bond donors (Lipinski definition) is 2. The van der Waals surface area contributed by atoms with Crippen LogP contribution in [0.2, 0.25) is 0 Å². The molecule has 4 heteroatoms.